The van der Waals surface area contributed by atoms with Crippen molar-refractivity contribution in [2.24, 2.45) is 0 Å². The number of fused-ring (bicyclic) bond motifs is 1. The van der Waals surface area contributed by atoms with Crippen molar-refractivity contribution in [2.75, 3.05) is 18.7 Å². The zero-order valence-electron chi connectivity index (χ0n) is 13.5. The highest BCUT2D eigenvalue weighted by atomic mass is 16.7. The van der Waals surface area contributed by atoms with Crippen LogP contribution < -0.4 is 15.0 Å². The van der Waals surface area contributed by atoms with E-state index in [1.54, 1.807) is 49.4 Å². The largest absolute Gasteiger partial charge is 0.710 e. The fraction of sp³-hybridized carbons (Fsp3) is 0.176. The molecule has 0 fully saturated rings. The van der Waals surface area contributed by atoms with Gasteiger partial charge in [0.15, 0.2) is 5.52 Å². The molecular formula is C17H17N3O5. The summed E-state index contributed by atoms with van der Waals surface area (Å²) in [4.78, 5) is 17.2. The molecule has 3 aromatic rings. The summed E-state index contributed by atoms with van der Waals surface area (Å²) in [6.07, 6.45) is 0. The molecule has 2 N–H and O–H groups in total. The summed E-state index contributed by atoms with van der Waals surface area (Å²) in [5, 5.41) is 21.8. The summed E-state index contributed by atoms with van der Waals surface area (Å²) in [5.41, 5.74) is 3.77. The number of benzene rings is 2. The van der Waals surface area contributed by atoms with Crippen LogP contribution in [0.5, 0.6) is 0 Å². The zero-order valence-corrected chi connectivity index (χ0v) is 13.5. The number of hydrogen-bond acceptors (Lipinski definition) is 6. The highest BCUT2D eigenvalue weighted by Crippen LogP contribution is 2.24. The van der Waals surface area contributed by atoms with Gasteiger partial charge in [0.25, 0.3) is 0 Å². The predicted octanol–water partition coefficient (Wildman–Crippen LogP) is 1.73. The first-order chi connectivity index (χ1) is 12.2. The van der Waals surface area contributed by atoms with Gasteiger partial charge in [-0.25, -0.2) is 9.52 Å². The smallest absolute Gasteiger partial charge is 0.349 e. The number of aromatic nitrogens is 2. The molecule has 0 amide bonds. The van der Waals surface area contributed by atoms with Crippen LogP contribution in [0.15, 0.2) is 48.5 Å². The quantitative estimate of drug-likeness (QED) is 0.306. The maximum Gasteiger partial charge on any atom is 0.349 e. The Kier molecular flexibility index (Phi) is 4.71. The van der Waals surface area contributed by atoms with Gasteiger partial charge < -0.3 is 14.8 Å². The van der Waals surface area contributed by atoms with E-state index in [1.807, 2.05) is 11.5 Å². The molecule has 2 aromatic carbocycles. The molecule has 0 saturated heterocycles. The van der Waals surface area contributed by atoms with Crippen molar-refractivity contribution in [2.45, 2.75) is 6.92 Å². The average molecular weight is 343 g/mol. The lowest BCUT2D eigenvalue weighted by atomic mass is 10.2. The lowest BCUT2D eigenvalue weighted by Gasteiger charge is -2.06. The first kappa shape index (κ1) is 16.6. The number of ether oxygens (including phenoxy) is 1. The Labute approximate surface area is 143 Å². The summed E-state index contributed by atoms with van der Waals surface area (Å²) in [7, 11) is 0. The van der Waals surface area contributed by atoms with Gasteiger partial charge in [-0.05, 0) is 35.9 Å². The summed E-state index contributed by atoms with van der Waals surface area (Å²) in [5.74, 6) is -0.327. The molecule has 8 nitrogen and oxygen atoms in total. The standard InChI is InChI=1S/C17H17N3O5/c1-2-24-16(21)11-25-20-15-10-13(18-22)8-9-14(15)19(23)17(20)12-6-4-3-5-7-12/h3-10,18,22H,2,11H2,1H3. The van der Waals surface area contributed by atoms with Gasteiger partial charge in [0.2, 0.25) is 12.1 Å². The van der Waals surface area contributed by atoms with E-state index in [2.05, 4.69) is 0 Å². The van der Waals surface area contributed by atoms with E-state index in [1.165, 1.54) is 4.73 Å². The van der Waals surface area contributed by atoms with Crippen molar-refractivity contribution in [1.29, 1.82) is 0 Å². The molecule has 0 atom stereocenters. The lowest BCUT2D eigenvalue weighted by molar-refractivity contribution is -0.567. The molecule has 1 heterocycles. The maximum absolute atomic E-state index is 12.7. The van der Waals surface area contributed by atoms with Crippen molar-refractivity contribution >= 4 is 22.7 Å². The summed E-state index contributed by atoms with van der Waals surface area (Å²) in [6.45, 7) is 1.58. The molecule has 0 unspecified atom stereocenters. The Morgan fingerprint density at radius 3 is 2.72 bits per heavy atom. The third-order valence-corrected chi connectivity index (χ3v) is 3.58. The van der Waals surface area contributed by atoms with E-state index >= 15 is 0 Å². The molecule has 25 heavy (non-hydrogen) atoms. The van der Waals surface area contributed by atoms with Crippen LogP contribution in [-0.4, -0.2) is 29.1 Å². The molecule has 0 radical (unpaired) electrons. The second-order valence-electron chi connectivity index (χ2n) is 5.17. The first-order valence-corrected chi connectivity index (χ1v) is 7.68. The molecule has 0 aliphatic heterocycles. The van der Waals surface area contributed by atoms with Gasteiger partial charge in [-0.1, -0.05) is 18.2 Å². The normalized spacial score (nSPS) is 10.6. The SMILES string of the molecule is CCOC(=O)COn1c(-c2ccccc2)[n+]([O-])c2ccc(NO)cc21. The van der Waals surface area contributed by atoms with Crippen molar-refractivity contribution in [3.05, 3.63) is 53.7 Å². The Hall–Kier alpha value is -3.26. The van der Waals surface area contributed by atoms with Crippen LogP contribution in [0.4, 0.5) is 5.69 Å². The number of anilines is 1. The number of nitrogens with zero attached hydrogens (tertiary/aromatic N) is 2. The topological polar surface area (TPSA) is 99.7 Å². The minimum absolute atomic E-state index is 0.218. The van der Waals surface area contributed by atoms with E-state index in [9.17, 15) is 10.0 Å². The molecule has 130 valence electrons. The molecule has 0 bridgehead atoms. The van der Waals surface area contributed by atoms with Crippen LogP contribution in [0.2, 0.25) is 0 Å². The molecule has 0 aliphatic carbocycles. The van der Waals surface area contributed by atoms with E-state index in [0.717, 1.165) is 4.73 Å². The van der Waals surface area contributed by atoms with Crippen molar-refractivity contribution in [1.82, 2.24) is 4.73 Å². The minimum Gasteiger partial charge on any atom is -0.710 e. The number of carbonyl (C=O) groups is 1. The van der Waals surface area contributed by atoms with E-state index in [-0.39, 0.29) is 19.0 Å². The number of esters is 1. The van der Waals surface area contributed by atoms with Crippen molar-refractivity contribution in [3.8, 4) is 11.4 Å². The average Bonchev–Trinajstić information content (AvgIpc) is 2.92. The molecule has 0 aliphatic rings. The summed E-state index contributed by atoms with van der Waals surface area (Å²) < 4.78 is 6.85. The highest BCUT2D eigenvalue weighted by Gasteiger charge is 2.26. The Balaban J connectivity index is 2.13. The third-order valence-electron chi connectivity index (χ3n) is 3.58. The van der Waals surface area contributed by atoms with Crippen molar-refractivity contribution in [3.63, 3.8) is 0 Å². The first-order valence-electron chi connectivity index (χ1n) is 7.68. The second kappa shape index (κ2) is 7.10. The lowest BCUT2D eigenvalue weighted by Crippen LogP contribution is -2.30. The minimum atomic E-state index is -0.544. The van der Waals surface area contributed by atoms with Gasteiger partial charge in [-0.15, -0.1) is 0 Å². The van der Waals surface area contributed by atoms with Crippen LogP contribution in [-0.2, 0) is 9.53 Å². The van der Waals surface area contributed by atoms with Gasteiger partial charge in [0.05, 0.1) is 17.9 Å². The van der Waals surface area contributed by atoms with Gasteiger partial charge in [-0.3, -0.25) is 10.7 Å². The molecule has 1 aromatic heterocycles. The van der Waals surface area contributed by atoms with E-state index < -0.39 is 5.97 Å². The number of hydrogen-bond donors (Lipinski definition) is 2. The zero-order chi connectivity index (χ0) is 17.8. The highest BCUT2D eigenvalue weighted by molar-refractivity contribution is 5.80. The number of carbonyl (C=O) groups excluding carboxylic acids is 1. The molecule has 0 saturated carbocycles. The van der Waals surface area contributed by atoms with Crippen LogP contribution in [0, 0.1) is 5.21 Å². The van der Waals surface area contributed by atoms with E-state index in [0.29, 0.717) is 22.3 Å². The van der Waals surface area contributed by atoms with Gasteiger partial charge in [-0.2, -0.15) is 0 Å². The monoisotopic (exact) mass is 343 g/mol. The van der Waals surface area contributed by atoms with Gasteiger partial charge in [0.1, 0.15) is 0 Å². The Morgan fingerprint density at radius 1 is 1.28 bits per heavy atom. The molecular weight excluding hydrogens is 326 g/mol. The van der Waals surface area contributed by atoms with Gasteiger partial charge >= 0.3 is 11.8 Å². The van der Waals surface area contributed by atoms with Crippen LogP contribution in [0.1, 0.15) is 6.92 Å². The van der Waals surface area contributed by atoms with E-state index in [4.69, 9.17) is 14.8 Å². The van der Waals surface area contributed by atoms with Crippen LogP contribution >= 0.6 is 0 Å². The van der Waals surface area contributed by atoms with Gasteiger partial charge in [0, 0.05) is 6.07 Å². The maximum atomic E-state index is 12.7. The molecule has 3 rings (SSSR count). The summed E-state index contributed by atoms with van der Waals surface area (Å²) >= 11 is 0. The third kappa shape index (κ3) is 3.20. The Morgan fingerprint density at radius 2 is 2.04 bits per heavy atom. The van der Waals surface area contributed by atoms with Crippen LogP contribution in [0.25, 0.3) is 22.4 Å². The number of imidazole rings is 1. The van der Waals surface area contributed by atoms with Crippen molar-refractivity contribution < 1.29 is 24.3 Å². The molecule has 8 heteroatoms. The number of nitrogens with one attached hydrogen (secondary N) is 1. The fourth-order valence-corrected chi connectivity index (χ4v) is 2.51. The predicted molar refractivity (Wildman–Crippen MR) is 89.8 cm³/mol. The summed E-state index contributed by atoms with van der Waals surface area (Å²) in [6, 6.07) is 13.6. The van der Waals surface area contributed by atoms with Crippen LogP contribution in [0.3, 0.4) is 0 Å². The molecule has 0 spiro atoms. The fourth-order valence-electron chi connectivity index (χ4n) is 2.51. The Bertz CT molecular complexity index is 892. The number of rotatable bonds is 6. The second-order valence-corrected chi connectivity index (χ2v) is 5.17.